The molecule has 0 saturated carbocycles. The third-order valence-electron chi connectivity index (χ3n) is 6.11. The van der Waals surface area contributed by atoms with Crippen molar-refractivity contribution < 1.29 is 23.8 Å². The predicted octanol–water partition coefficient (Wildman–Crippen LogP) is 7.69. The van der Waals surface area contributed by atoms with Crippen molar-refractivity contribution >= 4 is 25.9 Å². The van der Waals surface area contributed by atoms with Crippen LogP contribution < -0.4 is 10.6 Å². The maximum Gasteiger partial charge on any atom is 0.411 e. The maximum absolute atomic E-state index is 12.7. The van der Waals surface area contributed by atoms with E-state index in [-0.39, 0.29) is 0 Å². The first-order valence-corrected chi connectivity index (χ1v) is 17.8. The van der Waals surface area contributed by atoms with Gasteiger partial charge in [-0.15, -0.1) is 13.2 Å². The van der Waals surface area contributed by atoms with Crippen molar-refractivity contribution in [3.63, 3.8) is 0 Å². The molecule has 0 radical (unpaired) electrons. The Morgan fingerprint density at radius 2 is 1.88 bits per heavy atom. The molecule has 1 aromatic carbocycles. The molecule has 0 bridgehead atoms. The lowest BCUT2D eigenvalue weighted by atomic mass is 9.99. The Kier molecular flexibility index (Phi) is 12.9. The van der Waals surface area contributed by atoms with Crippen LogP contribution in [0.3, 0.4) is 0 Å². The minimum atomic E-state index is -1.26. The van der Waals surface area contributed by atoms with Gasteiger partial charge in [-0.05, 0) is 70.2 Å². The molecule has 0 unspecified atom stereocenters. The van der Waals surface area contributed by atoms with Crippen LogP contribution in [0.1, 0.15) is 57.5 Å². The minimum Gasteiger partial charge on any atom is -0.453 e. The van der Waals surface area contributed by atoms with Gasteiger partial charge in [0.15, 0.2) is 0 Å². The number of anilines is 1. The fourth-order valence-electron chi connectivity index (χ4n) is 4.06. The van der Waals surface area contributed by atoms with Crippen LogP contribution in [0.5, 0.6) is 0 Å². The summed E-state index contributed by atoms with van der Waals surface area (Å²) in [5.41, 5.74) is 2.70. The average Bonchev–Trinajstić information content (AvgIpc) is 3.28. The minimum absolute atomic E-state index is 0.296. The number of aryl methyl sites for hydroxylation is 1. The molecule has 0 aliphatic rings. The summed E-state index contributed by atoms with van der Waals surface area (Å²) in [5, 5.41) is 5.71. The summed E-state index contributed by atoms with van der Waals surface area (Å²) in [7, 11) is 0.0711. The number of carbonyl (C=O) groups excluding carboxylic acids is 2. The molecule has 2 aromatic rings. The van der Waals surface area contributed by atoms with Crippen LogP contribution in [0.25, 0.3) is 11.3 Å². The zero-order valence-corrected chi connectivity index (χ0v) is 26.8. The number of rotatable bonds is 15. The number of nitrogens with zero attached hydrogens (tertiary/aromatic N) is 2. The zero-order chi connectivity index (χ0) is 30.6. The summed E-state index contributed by atoms with van der Waals surface area (Å²) >= 11 is 0. The van der Waals surface area contributed by atoms with Crippen molar-refractivity contribution in [3.05, 3.63) is 61.1 Å². The normalized spacial score (nSPS) is 12.4. The Labute approximate surface area is 246 Å². The van der Waals surface area contributed by atoms with Gasteiger partial charge in [0.1, 0.15) is 18.2 Å². The highest BCUT2D eigenvalue weighted by Crippen LogP contribution is 2.30. The summed E-state index contributed by atoms with van der Waals surface area (Å²) in [6.45, 7) is 21.1. The highest BCUT2D eigenvalue weighted by molar-refractivity contribution is 6.76. The van der Waals surface area contributed by atoms with E-state index in [0.717, 1.165) is 42.1 Å². The number of hydrogen-bond donors (Lipinski definition) is 2. The summed E-state index contributed by atoms with van der Waals surface area (Å²) in [5.74, 6) is 0.646. The quantitative estimate of drug-likeness (QED) is 0.126. The van der Waals surface area contributed by atoms with Gasteiger partial charge in [-0.25, -0.2) is 14.6 Å². The molecule has 2 amide bonds. The monoisotopic (exact) mass is 584 g/mol. The first kappa shape index (κ1) is 33.8. The number of unbranched alkanes of at least 4 members (excludes halogenated alkanes) is 1. The van der Waals surface area contributed by atoms with Gasteiger partial charge in [-0.2, -0.15) is 0 Å². The highest BCUT2D eigenvalue weighted by atomic mass is 28.3. The van der Waals surface area contributed by atoms with Crippen molar-refractivity contribution in [2.75, 3.05) is 19.0 Å². The molecular weight excluding hydrogens is 536 g/mol. The lowest BCUT2D eigenvalue weighted by Crippen LogP contribution is -2.36. The van der Waals surface area contributed by atoms with Crippen molar-refractivity contribution in [3.8, 4) is 11.3 Å². The van der Waals surface area contributed by atoms with E-state index in [4.69, 9.17) is 19.2 Å². The van der Waals surface area contributed by atoms with E-state index in [9.17, 15) is 9.59 Å². The number of carbonyl (C=O) groups is 2. The molecule has 41 heavy (non-hydrogen) atoms. The first-order chi connectivity index (χ1) is 19.3. The molecule has 0 saturated heterocycles. The second-order valence-electron chi connectivity index (χ2n) is 12.2. The zero-order valence-electron chi connectivity index (χ0n) is 25.8. The average molecular weight is 585 g/mol. The van der Waals surface area contributed by atoms with Crippen molar-refractivity contribution in [1.82, 2.24) is 14.9 Å². The predicted molar refractivity (Wildman–Crippen MR) is 168 cm³/mol. The molecule has 9 nitrogen and oxygen atoms in total. The second kappa shape index (κ2) is 15.6. The number of benzene rings is 1. The number of nitrogens with one attached hydrogen (secondary N) is 2. The summed E-state index contributed by atoms with van der Waals surface area (Å²) in [4.78, 5) is 29.6. The smallest absolute Gasteiger partial charge is 0.411 e. The third-order valence-corrected chi connectivity index (χ3v) is 7.81. The molecule has 10 heteroatoms. The molecule has 0 spiro atoms. The Morgan fingerprint density at radius 3 is 2.49 bits per heavy atom. The van der Waals surface area contributed by atoms with Gasteiger partial charge in [-0.1, -0.05) is 37.9 Å². The van der Waals surface area contributed by atoms with Gasteiger partial charge >= 0.3 is 12.2 Å². The number of allylic oxidation sites excluding steroid dienone is 1. The fourth-order valence-corrected chi connectivity index (χ4v) is 4.82. The number of imidazole rings is 1. The Balaban J connectivity index is 2.51. The van der Waals surface area contributed by atoms with Crippen molar-refractivity contribution in [2.45, 2.75) is 90.5 Å². The van der Waals surface area contributed by atoms with Crippen LogP contribution in [-0.4, -0.2) is 49.1 Å². The summed E-state index contributed by atoms with van der Waals surface area (Å²) < 4.78 is 18.3. The maximum atomic E-state index is 12.7. The van der Waals surface area contributed by atoms with Crippen LogP contribution in [0.15, 0.2) is 49.7 Å². The molecule has 226 valence electrons. The Bertz CT molecular complexity index is 1180. The van der Waals surface area contributed by atoms with E-state index < -0.39 is 31.9 Å². The van der Waals surface area contributed by atoms with E-state index >= 15 is 0 Å². The third kappa shape index (κ3) is 11.9. The summed E-state index contributed by atoms with van der Waals surface area (Å²) in [6.07, 6.45) is 7.52. The van der Waals surface area contributed by atoms with Crippen molar-refractivity contribution in [1.29, 1.82) is 0 Å². The number of amides is 2. The molecule has 0 aliphatic carbocycles. The Hall–Kier alpha value is -3.37. The van der Waals surface area contributed by atoms with E-state index in [1.807, 2.05) is 55.8 Å². The molecule has 1 heterocycles. The highest BCUT2D eigenvalue weighted by Gasteiger charge is 2.25. The molecule has 0 fully saturated rings. The van der Waals surface area contributed by atoms with Gasteiger partial charge < -0.3 is 24.1 Å². The van der Waals surface area contributed by atoms with Gasteiger partial charge in [-0.3, -0.25) is 5.32 Å². The molecular formula is C31H48N4O5Si. The van der Waals surface area contributed by atoms with Crippen molar-refractivity contribution in [2.24, 2.45) is 0 Å². The Morgan fingerprint density at radius 1 is 1.15 bits per heavy atom. The number of methoxy groups -OCH3 is 1. The van der Waals surface area contributed by atoms with Crippen LogP contribution >= 0.6 is 0 Å². The van der Waals surface area contributed by atoms with Gasteiger partial charge in [0.25, 0.3) is 0 Å². The molecule has 1 aromatic heterocycles. The van der Waals surface area contributed by atoms with Crippen LogP contribution in [0.4, 0.5) is 15.3 Å². The van der Waals surface area contributed by atoms with Crippen LogP contribution in [0.2, 0.25) is 25.7 Å². The second-order valence-corrected chi connectivity index (χ2v) is 17.8. The van der Waals surface area contributed by atoms with E-state index in [2.05, 4.69) is 43.4 Å². The van der Waals surface area contributed by atoms with Crippen LogP contribution in [0, 0.1) is 0 Å². The van der Waals surface area contributed by atoms with Crippen LogP contribution in [-0.2, 0) is 27.4 Å². The van der Waals surface area contributed by atoms with E-state index in [1.54, 1.807) is 6.08 Å². The number of alkyl carbamates (subject to hydrolysis) is 1. The molecule has 2 N–H and O–H groups in total. The van der Waals surface area contributed by atoms with E-state index in [1.165, 1.54) is 7.11 Å². The molecule has 1 atom stereocenters. The van der Waals surface area contributed by atoms with Gasteiger partial charge in [0.2, 0.25) is 0 Å². The lowest BCUT2D eigenvalue weighted by molar-refractivity contribution is 0.0492. The van der Waals surface area contributed by atoms with Gasteiger partial charge in [0, 0.05) is 32.1 Å². The molecule has 2 rings (SSSR count). The standard InChI is InChI=1S/C31H48N4O5Si/c1-10-12-13-15-23-20-24(32-29(36)38-6)16-17-25(23)27-21-35(22-39-18-19-41(7,8)9)28(33-27)26(14-11-2)34-30(37)40-31(3,4)5/h10-11,16-17,20-21,26H,1-2,12-15,18-19,22H2,3-9H3,(H,32,36)(H,34,37)/t26-/m0/s1. The number of aromatic nitrogens is 2. The molecule has 0 aliphatic heterocycles. The fraction of sp³-hybridized carbons (Fsp3) is 0.516. The number of ether oxygens (including phenoxy) is 3. The largest absolute Gasteiger partial charge is 0.453 e. The number of hydrogen-bond acceptors (Lipinski definition) is 6. The SMILES string of the molecule is C=CCCCc1cc(NC(=O)OC)ccc1-c1cn(COCC[Si](C)(C)C)c([C@H](CC=C)NC(=O)OC(C)(C)C)n1. The lowest BCUT2D eigenvalue weighted by Gasteiger charge is -2.23. The van der Waals surface area contributed by atoms with Gasteiger partial charge in [0.05, 0.1) is 18.8 Å². The summed E-state index contributed by atoms with van der Waals surface area (Å²) in [6, 6.07) is 6.28. The van der Waals surface area contributed by atoms with E-state index in [0.29, 0.717) is 31.3 Å². The topological polar surface area (TPSA) is 104 Å². The first-order valence-electron chi connectivity index (χ1n) is 14.1.